The number of hydrogen-bond acceptors (Lipinski definition) is 5. The number of carbonyl (C=O) groups is 3. The second kappa shape index (κ2) is 14.8. The third-order valence-electron chi connectivity index (χ3n) is 5.45. The molecule has 0 aromatic carbocycles. The van der Waals surface area contributed by atoms with Crippen LogP contribution in [-0.2, 0) is 14.4 Å². The van der Waals surface area contributed by atoms with E-state index in [2.05, 4.69) is 23.1 Å². The van der Waals surface area contributed by atoms with Crippen LogP contribution in [0.4, 0.5) is 0 Å². The molecule has 0 aliphatic carbocycles. The van der Waals surface area contributed by atoms with Crippen molar-refractivity contribution >= 4 is 17.7 Å². The number of amides is 3. The third kappa shape index (κ3) is 10.1. The van der Waals surface area contributed by atoms with Gasteiger partial charge >= 0.3 is 0 Å². The molecule has 8 heteroatoms. The van der Waals surface area contributed by atoms with E-state index in [1.54, 1.807) is 16.7 Å². The molecule has 1 fully saturated rings. The Morgan fingerprint density at radius 2 is 1.50 bits per heavy atom. The Morgan fingerprint density at radius 3 is 2.03 bits per heavy atom. The first-order valence-electron chi connectivity index (χ1n) is 11.0. The first-order valence-corrected chi connectivity index (χ1v) is 11.0. The number of nitrogens with zero attached hydrogens (tertiary/aromatic N) is 4. The van der Waals surface area contributed by atoms with Gasteiger partial charge in [-0.05, 0) is 6.42 Å². The molecule has 0 radical (unpaired) electrons. The van der Waals surface area contributed by atoms with Gasteiger partial charge < -0.3 is 20.0 Å². The zero-order valence-electron chi connectivity index (χ0n) is 19.0. The highest BCUT2D eigenvalue weighted by molar-refractivity contribution is 5.77. The van der Waals surface area contributed by atoms with Crippen LogP contribution in [-0.4, -0.2) is 109 Å². The van der Waals surface area contributed by atoms with Crippen LogP contribution in [0.25, 0.3) is 0 Å². The molecule has 170 valence electrons. The normalized spacial score (nSPS) is 14.1. The molecule has 0 bridgehead atoms. The molecule has 8 nitrogen and oxygen atoms in total. The summed E-state index contributed by atoms with van der Waals surface area (Å²) < 4.78 is 0. The Bertz CT molecular complexity index is 584. The second-order valence-electron chi connectivity index (χ2n) is 7.73. The number of hydrogen-bond donors (Lipinski definition) is 1. The molecule has 1 N–H and O–H groups in total. The number of unbranched alkanes of at least 4 members (excludes halogenated alkanes) is 1. The van der Waals surface area contributed by atoms with E-state index in [4.69, 9.17) is 6.42 Å². The molecule has 3 amide bonds. The molecule has 0 aromatic rings. The zero-order valence-corrected chi connectivity index (χ0v) is 19.0. The van der Waals surface area contributed by atoms with Gasteiger partial charge in [-0.3, -0.25) is 19.3 Å². The average Bonchev–Trinajstić information content (AvgIpc) is 2.73. The highest BCUT2D eigenvalue weighted by Crippen LogP contribution is 2.04. The summed E-state index contributed by atoms with van der Waals surface area (Å²) in [6.07, 6.45) is 7.60. The van der Waals surface area contributed by atoms with E-state index >= 15 is 0 Å². The van der Waals surface area contributed by atoms with Crippen LogP contribution in [0.2, 0.25) is 0 Å². The SMILES string of the molecule is C#CCN(CCN(CCN(CCN1CCNCC1)C(C)=O)C(=O)CCCC)C(C)=O. The lowest BCUT2D eigenvalue weighted by atomic mass is 10.2. The summed E-state index contributed by atoms with van der Waals surface area (Å²) in [4.78, 5) is 44.1. The van der Waals surface area contributed by atoms with Crippen LogP contribution in [0.3, 0.4) is 0 Å². The van der Waals surface area contributed by atoms with Crippen molar-refractivity contribution in [3.05, 3.63) is 0 Å². The van der Waals surface area contributed by atoms with Gasteiger partial charge in [-0.15, -0.1) is 6.42 Å². The summed E-state index contributed by atoms with van der Waals surface area (Å²) in [6.45, 7) is 12.5. The Kier molecular flexibility index (Phi) is 12.8. The van der Waals surface area contributed by atoms with Gasteiger partial charge in [0.2, 0.25) is 17.7 Å². The maximum absolute atomic E-state index is 12.7. The van der Waals surface area contributed by atoms with Crippen molar-refractivity contribution in [3.63, 3.8) is 0 Å². The standard InChI is InChI=1S/C22H39N5O3/c1-5-7-8-22(30)27(18-16-25(11-6-2)20(3)28)19-17-26(21(4)29)15-14-24-12-9-23-10-13-24/h2,23H,5,7-19H2,1,3-4H3. The van der Waals surface area contributed by atoms with E-state index in [-0.39, 0.29) is 24.3 Å². The molecule has 0 unspecified atom stereocenters. The summed E-state index contributed by atoms with van der Waals surface area (Å²) in [5.41, 5.74) is 0. The largest absolute Gasteiger partial charge is 0.340 e. The van der Waals surface area contributed by atoms with Crippen LogP contribution in [0.15, 0.2) is 0 Å². The minimum absolute atomic E-state index is 0.0174. The third-order valence-corrected chi connectivity index (χ3v) is 5.45. The molecule has 0 saturated carbocycles. The summed E-state index contributed by atoms with van der Waals surface area (Å²) >= 11 is 0. The van der Waals surface area contributed by atoms with E-state index in [0.717, 1.165) is 45.6 Å². The van der Waals surface area contributed by atoms with Crippen molar-refractivity contribution in [3.8, 4) is 12.3 Å². The van der Waals surface area contributed by atoms with E-state index < -0.39 is 0 Å². The van der Waals surface area contributed by atoms with Crippen molar-refractivity contribution in [1.29, 1.82) is 0 Å². The predicted octanol–water partition coefficient (Wildman–Crippen LogP) is 0.241. The lowest BCUT2D eigenvalue weighted by Gasteiger charge is -2.32. The highest BCUT2D eigenvalue weighted by atomic mass is 16.2. The van der Waals surface area contributed by atoms with Gasteiger partial charge in [0, 0.05) is 85.7 Å². The maximum atomic E-state index is 12.7. The number of carbonyl (C=O) groups excluding carboxylic acids is 3. The van der Waals surface area contributed by atoms with Gasteiger partial charge in [-0.1, -0.05) is 19.3 Å². The Labute approximate surface area is 181 Å². The van der Waals surface area contributed by atoms with Crippen LogP contribution in [0.1, 0.15) is 40.0 Å². The smallest absolute Gasteiger partial charge is 0.222 e. The molecule has 1 rings (SSSR count). The Balaban J connectivity index is 2.64. The summed E-state index contributed by atoms with van der Waals surface area (Å²) in [7, 11) is 0. The topological polar surface area (TPSA) is 76.2 Å². The summed E-state index contributed by atoms with van der Waals surface area (Å²) in [5.74, 6) is 2.47. The maximum Gasteiger partial charge on any atom is 0.222 e. The molecular formula is C22H39N5O3. The molecule has 1 aliphatic rings. The highest BCUT2D eigenvalue weighted by Gasteiger charge is 2.19. The van der Waals surface area contributed by atoms with Crippen molar-refractivity contribution < 1.29 is 14.4 Å². The molecule has 30 heavy (non-hydrogen) atoms. The minimum atomic E-state index is -0.102. The number of rotatable bonds is 13. The molecule has 0 spiro atoms. The van der Waals surface area contributed by atoms with Crippen LogP contribution < -0.4 is 5.32 Å². The number of terminal acetylenes is 1. The minimum Gasteiger partial charge on any atom is -0.340 e. The van der Waals surface area contributed by atoms with Crippen molar-refractivity contribution in [2.24, 2.45) is 0 Å². The fourth-order valence-corrected chi connectivity index (χ4v) is 3.41. The molecule has 1 saturated heterocycles. The molecule has 0 aromatic heterocycles. The fraction of sp³-hybridized carbons (Fsp3) is 0.773. The Morgan fingerprint density at radius 1 is 0.933 bits per heavy atom. The van der Waals surface area contributed by atoms with Gasteiger partial charge in [-0.25, -0.2) is 0 Å². The van der Waals surface area contributed by atoms with Gasteiger partial charge in [0.1, 0.15) is 0 Å². The zero-order chi connectivity index (χ0) is 22.4. The number of nitrogens with one attached hydrogen (secondary N) is 1. The van der Waals surface area contributed by atoms with Crippen molar-refractivity contribution in [2.45, 2.75) is 40.0 Å². The van der Waals surface area contributed by atoms with Gasteiger partial charge in [0.25, 0.3) is 0 Å². The first kappa shape index (κ1) is 25.9. The molecule has 1 heterocycles. The lowest BCUT2D eigenvalue weighted by molar-refractivity contribution is -0.135. The predicted molar refractivity (Wildman–Crippen MR) is 119 cm³/mol. The van der Waals surface area contributed by atoms with Gasteiger partial charge in [-0.2, -0.15) is 0 Å². The quantitative estimate of drug-likeness (QED) is 0.431. The van der Waals surface area contributed by atoms with Crippen LogP contribution in [0, 0.1) is 12.3 Å². The average molecular weight is 422 g/mol. The fourth-order valence-electron chi connectivity index (χ4n) is 3.41. The second-order valence-corrected chi connectivity index (χ2v) is 7.73. The van der Waals surface area contributed by atoms with E-state index in [0.29, 0.717) is 39.1 Å². The molecule has 1 aliphatic heterocycles. The Hall–Kier alpha value is -2.11. The van der Waals surface area contributed by atoms with Crippen LogP contribution in [0.5, 0.6) is 0 Å². The van der Waals surface area contributed by atoms with E-state index in [1.807, 2.05) is 4.90 Å². The van der Waals surface area contributed by atoms with Crippen molar-refractivity contribution in [2.75, 3.05) is 72.0 Å². The summed E-state index contributed by atoms with van der Waals surface area (Å²) in [6, 6.07) is 0. The van der Waals surface area contributed by atoms with Crippen molar-refractivity contribution in [1.82, 2.24) is 24.9 Å². The van der Waals surface area contributed by atoms with E-state index in [9.17, 15) is 14.4 Å². The van der Waals surface area contributed by atoms with E-state index in [1.165, 1.54) is 6.92 Å². The van der Waals surface area contributed by atoms with Crippen LogP contribution >= 0.6 is 0 Å². The molecular weight excluding hydrogens is 382 g/mol. The number of piperazine rings is 1. The molecule has 0 atom stereocenters. The lowest BCUT2D eigenvalue weighted by Crippen LogP contribution is -2.48. The summed E-state index contributed by atoms with van der Waals surface area (Å²) in [5, 5.41) is 3.33. The first-order chi connectivity index (χ1) is 14.4. The monoisotopic (exact) mass is 421 g/mol. The van der Waals surface area contributed by atoms with Gasteiger partial charge in [0.15, 0.2) is 0 Å². The van der Waals surface area contributed by atoms with Gasteiger partial charge in [0.05, 0.1) is 6.54 Å².